The number of carboxylic acid groups (broad SMARTS) is 1. The van der Waals surface area contributed by atoms with Crippen molar-refractivity contribution in [3.63, 3.8) is 0 Å². The molecule has 98 valence electrons. The van der Waals surface area contributed by atoms with E-state index in [0.717, 1.165) is 6.26 Å². The monoisotopic (exact) mass is 273 g/mol. The van der Waals surface area contributed by atoms with E-state index in [0.29, 0.717) is 0 Å². The normalized spacial score (nSPS) is 15.4. The molecule has 0 spiro atoms. The fraction of sp³-hybridized carbons (Fsp3) is 0.300. The average Bonchev–Trinajstić information content (AvgIpc) is 2.71. The maximum Gasteiger partial charge on any atom is 0.325 e. The number of carbonyl (C=O) groups is 1. The number of rotatable bonds is 3. The summed E-state index contributed by atoms with van der Waals surface area (Å²) < 4.78 is 33.4. The third kappa shape index (κ3) is 2.12. The van der Waals surface area contributed by atoms with Crippen molar-refractivity contribution < 1.29 is 27.8 Å². The summed E-state index contributed by atoms with van der Waals surface area (Å²) in [5, 5.41) is 8.88. The molecule has 0 bridgehead atoms. The lowest BCUT2D eigenvalue weighted by atomic mass is 10.1. The molecular weight excluding hydrogens is 262 g/mol. The molecule has 1 unspecified atom stereocenters. The van der Waals surface area contributed by atoms with Crippen LogP contribution in [0.1, 0.15) is 11.6 Å². The minimum absolute atomic E-state index is 0.0192. The predicted octanol–water partition coefficient (Wildman–Crippen LogP) is -0.0968. The Bertz CT molecular complexity index is 609. The lowest BCUT2D eigenvalue weighted by molar-refractivity contribution is -0.138. The second-order valence-electron chi connectivity index (χ2n) is 3.83. The quantitative estimate of drug-likeness (QED) is 0.790. The van der Waals surface area contributed by atoms with Crippen LogP contribution in [0.2, 0.25) is 0 Å². The van der Waals surface area contributed by atoms with Gasteiger partial charge in [0.15, 0.2) is 21.3 Å². The van der Waals surface area contributed by atoms with E-state index >= 15 is 0 Å². The van der Waals surface area contributed by atoms with E-state index in [1.165, 1.54) is 12.1 Å². The summed E-state index contributed by atoms with van der Waals surface area (Å²) in [4.78, 5) is 10.7. The van der Waals surface area contributed by atoms with Crippen molar-refractivity contribution in [2.24, 2.45) is 5.73 Å². The van der Waals surface area contributed by atoms with Crippen LogP contribution in [0, 0.1) is 0 Å². The molecule has 7 nitrogen and oxygen atoms in total. The molecule has 0 amide bonds. The summed E-state index contributed by atoms with van der Waals surface area (Å²) in [7, 11) is -3.61. The highest BCUT2D eigenvalue weighted by Crippen LogP contribution is 2.38. The Kier molecular flexibility index (Phi) is 2.91. The fourth-order valence-corrected chi connectivity index (χ4v) is 2.57. The number of nitrogens with two attached hydrogens (primary N) is 1. The number of carboxylic acids is 1. The minimum atomic E-state index is -3.61. The number of hydrogen-bond donors (Lipinski definition) is 2. The molecular formula is C10H11NO6S. The molecule has 1 aliphatic rings. The van der Waals surface area contributed by atoms with E-state index in [1.807, 2.05) is 0 Å². The molecule has 1 aromatic rings. The Labute approximate surface area is 103 Å². The standard InChI is InChI=1S/C10H11NO6S/c1-18(14,15)8-3-7-6(16-4-17-7)2-5(8)9(11)10(12)13/h2-3,9H,4,11H2,1H3,(H,12,13). The molecule has 0 aliphatic carbocycles. The molecule has 18 heavy (non-hydrogen) atoms. The third-order valence-electron chi connectivity index (χ3n) is 2.51. The van der Waals surface area contributed by atoms with Gasteiger partial charge in [0.1, 0.15) is 6.04 Å². The van der Waals surface area contributed by atoms with Gasteiger partial charge in [0.25, 0.3) is 0 Å². The molecule has 1 heterocycles. The number of fused-ring (bicyclic) bond motifs is 1. The molecule has 1 aliphatic heterocycles. The van der Waals surface area contributed by atoms with Crippen LogP contribution in [0.25, 0.3) is 0 Å². The number of ether oxygens (including phenoxy) is 2. The predicted molar refractivity (Wildman–Crippen MR) is 60.2 cm³/mol. The van der Waals surface area contributed by atoms with E-state index in [4.69, 9.17) is 20.3 Å². The van der Waals surface area contributed by atoms with Crippen molar-refractivity contribution in [1.29, 1.82) is 0 Å². The van der Waals surface area contributed by atoms with Crippen molar-refractivity contribution in [3.8, 4) is 11.5 Å². The molecule has 0 saturated heterocycles. The lowest BCUT2D eigenvalue weighted by Gasteiger charge is -2.12. The number of sulfone groups is 1. The van der Waals surface area contributed by atoms with Gasteiger partial charge in [-0.3, -0.25) is 4.79 Å². The SMILES string of the molecule is CS(=O)(=O)c1cc2c(cc1C(N)C(=O)O)OCO2. The highest BCUT2D eigenvalue weighted by Gasteiger charge is 2.27. The Hall–Kier alpha value is -1.80. The summed E-state index contributed by atoms with van der Waals surface area (Å²) in [6, 6.07) is 1.08. The summed E-state index contributed by atoms with van der Waals surface area (Å²) in [6.07, 6.45) is 0.975. The minimum Gasteiger partial charge on any atom is -0.480 e. The number of aliphatic carboxylic acids is 1. The lowest BCUT2D eigenvalue weighted by Crippen LogP contribution is -2.23. The Balaban J connectivity index is 2.67. The van der Waals surface area contributed by atoms with Gasteiger partial charge >= 0.3 is 5.97 Å². The van der Waals surface area contributed by atoms with Gasteiger partial charge < -0.3 is 20.3 Å². The second kappa shape index (κ2) is 4.14. The van der Waals surface area contributed by atoms with Crippen molar-refractivity contribution in [1.82, 2.24) is 0 Å². The smallest absolute Gasteiger partial charge is 0.325 e. The van der Waals surface area contributed by atoms with E-state index in [-0.39, 0.29) is 28.8 Å². The van der Waals surface area contributed by atoms with E-state index in [9.17, 15) is 13.2 Å². The summed E-state index contributed by atoms with van der Waals surface area (Å²) in [6.45, 7) is -0.0374. The number of hydrogen-bond acceptors (Lipinski definition) is 6. The van der Waals surface area contributed by atoms with Gasteiger partial charge in [-0.2, -0.15) is 0 Å². The first-order chi connectivity index (χ1) is 8.30. The van der Waals surface area contributed by atoms with Crippen LogP contribution in [0.5, 0.6) is 11.5 Å². The van der Waals surface area contributed by atoms with Crippen LogP contribution in [0.3, 0.4) is 0 Å². The zero-order chi connectivity index (χ0) is 13.5. The van der Waals surface area contributed by atoms with Crippen molar-refractivity contribution in [3.05, 3.63) is 17.7 Å². The first kappa shape index (κ1) is 12.7. The van der Waals surface area contributed by atoms with Gasteiger partial charge in [-0.1, -0.05) is 0 Å². The van der Waals surface area contributed by atoms with E-state index in [1.54, 1.807) is 0 Å². The number of benzene rings is 1. The van der Waals surface area contributed by atoms with Crippen LogP contribution >= 0.6 is 0 Å². The van der Waals surface area contributed by atoms with E-state index < -0.39 is 21.8 Å². The zero-order valence-electron chi connectivity index (χ0n) is 9.41. The van der Waals surface area contributed by atoms with Gasteiger partial charge in [-0.05, 0) is 6.07 Å². The molecule has 1 aromatic carbocycles. The largest absolute Gasteiger partial charge is 0.480 e. The zero-order valence-corrected chi connectivity index (χ0v) is 10.2. The van der Waals surface area contributed by atoms with Crippen molar-refractivity contribution >= 4 is 15.8 Å². The Morgan fingerprint density at radius 2 is 1.94 bits per heavy atom. The van der Waals surface area contributed by atoms with Crippen LogP contribution in [0.4, 0.5) is 0 Å². The Morgan fingerprint density at radius 1 is 1.39 bits per heavy atom. The van der Waals surface area contributed by atoms with Gasteiger partial charge in [0, 0.05) is 17.9 Å². The topological polar surface area (TPSA) is 116 Å². The van der Waals surface area contributed by atoms with Crippen LogP contribution < -0.4 is 15.2 Å². The first-order valence-corrected chi connectivity index (χ1v) is 6.82. The highest BCUT2D eigenvalue weighted by atomic mass is 32.2. The summed E-state index contributed by atoms with van der Waals surface area (Å²) in [5.41, 5.74) is 5.45. The van der Waals surface area contributed by atoms with Gasteiger partial charge in [0.2, 0.25) is 6.79 Å². The Morgan fingerprint density at radius 3 is 2.44 bits per heavy atom. The molecule has 0 aromatic heterocycles. The fourth-order valence-electron chi connectivity index (χ4n) is 1.64. The van der Waals surface area contributed by atoms with Crippen molar-refractivity contribution in [2.75, 3.05) is 13.0 Å². The average molecular weight is 273 g/mol. The van der Waals surface area contributed by atoms with Gasteiger partial charge in [0.05, 0.1) is 4.90 Å². The second-order valence-corrected chi connectivity index (χ2v) is 5.82. The first-order valence-electron chi connectivity index (χ1n) is 4.92. The summed E-state index contributed by atoms with van der Waals surface area (Å²) in [5.74, 6) is -0.773. The summed E-state index contributed by atoms with van der Waals surface area (Å²) >= 11 is 0. The maximum atomic E-state index is 11.6. The van der Waals surface area contributed by atoms with Gasteiger partial charge in [-0.25, -0.2) is 8.42 Å². The molecule has 0 radical (unpaired) electrons. The molecule has 1 atom stereocenters. The molecule has 8 heteroatoms. The van der Waals surface area contributed by atoms with Crippen LogP contribution in [0.15, 0.2) is 17.0 Å². The van der Waals surface area contributed by atoms with E-state index in [2.05, 4.69) is 0 Å². The maximum absolute atomic E-state index is 11.6. The highest BCUT2D eigenvalue weighted by molar-refractivity contribution is 7.90. The molecule has 0 saturated carbocycles. The van der Waals surface area contributed by atoms with Gasteiger partial charge in [-0.15, -0.1) is 0 Å². The van der Waals surface area contributed by atoms with Crippen molar-refractivity contribution in [2.45, 2.75) is 10.9 Å². The molecule has 0 fully saturated rings. The van der Waals surface area contributed by atoms with Crippen LogP contribution in [-0.2, 0) is 14.6 Å². The third-order valence-corrected chi connectivity index (χ3v) is 3.66. The molecule has 2 rings (SSSR count). The molecule has 3 N–H and O–H groups in total. The van der Waals surface area contributed by atoms with Crippen LogP contribution in [-0.4, -0.2) is 32.5 Å².